The molecule has 24 heavy (non-hydrogen) atoms. The third-order valence-electron chi connectivity index (χ3n) is 4.44. The van der Waals surface area contributed by atoms with Crippen molar-refractivity contribution < 1.29 is 18.0 Å². The number of nitrogens with one attached hydrogen (secondary N) is 2. The van der Waals surface area contributed by atoms with E-state index in [1.165, 1.54) is 5.56 Å². The summed E-state index contributed by atoms with van der Waals surface area (Å²) in [7, 11) is 0. The molecule has 2 rings (SSSR count). The van der Waals surface area contributed by atoms with E-state index in [1.807, 2.05) is 12.1 Å². The van der Waals surface area contributed by atoms with Gasteiger partial charge in [0.15, 0.2) is 0 Å². The molecule has 0 spiro atoms. The van der Waals surface area contributed by atoms with Crippen molar-refractivity contribution in [2.24, 2.45) is 0 Å². The lowest BCUT2D eigenvalue weighted by molar-refractivity contribution is -0.174. The molecule has 0 atom stereocenters. The first-order valence-electron chi connectivity index (χ1n) is 8.30. The second kappa shape index (κ2) is 7.03. The molecule has 1 fully saturated rings. The SMILES string of the molecule is CC(C)(C)c1ccc(NC2CCC(NC(=O)C(F)(F)F)CC2)cc1. The molecule has 1 aromatic carbocycles. The minimum Gasteiger partial charge on any atom is -0.382 e. The van der Waals surface area contributed by atoms with Crippen LogP contribution in [0.25, 0.3) is 0 Å². The van der Waals surface area contributed by atoms with Gasteiger partial charge in [0.2, 0.25) is 0 Å². The number of hydrogen-bond acceptors (Lipinski definition) is 2. The number of amides is 1. The van der Waals surface area contributed by atoms with Gasteiger partial charge in [-0.25, -0.2) is 0 Å². The quantitative estimate of drug-likeness (QED) is 0.855. The molecular weight excluding hydrogens is 317 g/mol. The zero-order valence-electron chi connectivity index (χ0n) is 14.3. The Balaban J connectivity index is 1.82. The van der Waals surface area contributed by atoms with Crippen LogP contribution in [0, 0.1) is 0 Å². The summed E-state index contributed by atoms with van der Waals surface area (Å²) in [4.78, 5) is 11.0. The van der Waals surface area contributed by atoms with Gasteiger partial charge in [-0.2, -0.15) is 13.2 Å². The van der Waals surface area contributed by atoms with Gasteiger partial charge in [0.25, 0.3) is 0 Å². The van der Waals surface area contributed by atoms with Gasteiger partial charge < -0.3 is 10.6 Å². The van der Waals surface area contributed by atoms with E-state index in [9.17, 15) is 18.0 Å². The summed E-state index contributed by atoms with van der Waals surface area (Å²) >= 11 is 0. The predicted octanol–water partition coefficient (Wildman–Crippen LogP) is 4.39. The van der Waals surface area contributed by atoms with Crippen LogP contribution in [0.2, 0.25) is 0 Å². The Labute approximate surface area is 141 Å². The number of carbonyl (C=O) groups excluding carboxylic acids is 1. The van der Waals surface area contributed by atoms with Crippen LogP contribution in [-0.4, -0.2) is 24.2 Å². The van der Waals surface area contributed by atoms with Gasteiger partial charge in [-0.05, 0) is 48.8 Å². The van der Waals surface area contributed by atoms with Crippen LogP contribution < -0.4 is 10.6 Å². The highest BCUT2D eigenvalue weighted by Gasteiger charge is 2.40. The summed E-state index contributed by atoms with van der Waals surface area (Å²) < 4.78 is 36.8. The molecule has 3 nitrogen and oxygen atoms in total. The van der Waals surface area contributed by atoms with Crippen molar-refractivity contribution in [2.75, 3.05) is 5.32 Å². The number of carbonyl (C=O) groups is 1. The van der Waals surface area contributed by atoms with Crippen LogP contribution in [0.1, 0.15) is 52.0 Å². The standard InChI is InChI=1S/C18H25F3N2O/c1-17(2,3)12-4-6-13(7-5-12)22-14-8-10-15(11-9-14)23-16(24)18(19,20)21/h4-7,14-15,22H,8-11H2,1-3H3,(H,23,24). The zero-order chi connectivity index (χ0) is 18.0. The maximum Gasteiger partial charge on any atom is 0.471 e. The summed E-state index contributed by atoms with van der Waals surface area (Å²) in [5.74, 6) is -1.84. The van der Waals surface area contributed by atoms with Gasteiger partial charge in [-0.15, -0.1) is 0 Å². The van der Waals surface area contributed by atoms with E-state index in [2.05, 4.69) is 43.5 Å². The Morgan fingerprint density at radius 3 is 1.92 bits per heavy atom. The van der Waals surface area contributed by atoms with Crippen LogP contribution in [-0.2, 0) is 10.2 Å². The Morgan fingerprint density at radius 2 is 1.46 bits per heavy atom. The van der Waals surface area contributed by atoms with Crippen LogP contribution in [0.5, 0.6) is 0 Å². The number of anilines is 1. The molecule has 1 aliphatic carbocycles. The topological polar surface area (TPSA) is 41.1 Å². The largest absolute Gasteiger partial charge is 0.471 e. The van der Waals surface area contributed by atoms with Gasteiger partial charge in [0.05, 0.1) is 0 Å². The number of halogens is 3. The molecule has 1 aliphatic rings. The molecule has 0 heterocycles. The Hall–Kier alpha value is -1.72. The second-order valence-electron chi connectivity index (χ2n) is 7.49. The first-order chi connectivity index (χ1) is 11.1. The van der Waals surface area contributed by atoms with E-state index in [1.54, 1.807) is 0 Å². The number of hydrogen-bond donors (Lipinski definition) is 2. The van der Waals surface area contributed by atoms with Crippen molar-refractivity contribution in [2.45, 2.75) is 70.1 Å². The normalized spacial score (nSPS) is 22.1. The van der Waals surface area contributed by atoms with E-state index in [4.69, 9.17) is 0 Å². The van der Waals surface area contributed by atoms with Gasteiger partial charge in [0, 0.05) is 17.8 Å². The van der Waals surface area contributed by atoms with Crippen LogP contribution in [0.15, 0.2) is 24.3 Å². The van der Waals surface area contributed by atoms with E-state index in [0.717, 1.165) is 18.5 Å². The minimum atomic E-state index is -4.80. The highest BCUT2D eigenvalue weighted by atomic mass is 19.4. The molecule has 0 radical (unpaired) electrons. The lowest BCUT2D eigenvalue weighted by atomic mass is 9.87. The molecule has 0 bridgehead atoms. The molecule has 6 heteroatoms. The van der Waals surface area contributed by atoms with Crippen molar-refractivity contribution in [3.8, 4) is 0 Å². The van der Waals surface area contributed by atoms with Crippen molar-refractivity contribution >= 4 is 11.6 Å². The summed E-state index contributed by atoms with van der Waals surface area (Å²) in [5.41, 5.74) is 2.38. The lowest BCUT2D eigenvalue weighted by Crippen LogP contribution is -2.45. The molecule has 0 unspecified atom stereocenters. The molecule has 0 saturated heterocycles. The monoisotopic (exact) mass is 342 g/mol. The Kier molecular flexibility index (Phi) is 5.45. The fourth-order valence-corrected chi connectivity index (χ4v) is 2.95. The Morgan fingerprint density at radius 1 is 0.958 bits per heavy atom. The van der Waals surface area contributed by atoms with Gasteiger partial charge in [-0.1, -0.05) is 32.9 Å². The number of alkyl halides is 3. The van der Waals surface area contributed by atoms with E-state index in [-0.39, 0.29) is 17.5 Å². The second-order valence-corrected chi connectivity index (χ2v) is 7.49. The lowest BCUT2D eigenvalue weighted by Gasteiger charge is -2.30. The van der Waals surface area contributed by atoms with E-state index < -0.39 is 12.1 Å². The van der Waals surface area contributed by atoms with Crippen molar-refractivity contribution in [3.63, 3.8) is 0 Å². The van der Waals surface area contributed by atoms with E-state index in [0.29, 0.717) is 12.8 Å². The van der Waals surface area contributed by atoms with Gasteiger partial charge >= 0.3 is 12.1 Å². The summed E-state index contributed by atoms with van der Waals surface area (Å²) in [5, 5.41) is 5.50. The van der Waals surface area contributed by atoms with Gasteiger partial charge in [0.1, 0.15) is 0 Å². The average molecular weight is 342 g/mol. The molecule has 0 aliphatic heterocycles. The predicted molar refractivity (Wildman–Crippen MR) is 89.0 cm³/mol. The average Bonchev–Trinajstić information content (AvgIpc) is 2.48. The first kappa shape index (κ1) is 18.6. The number of benzene rings is 1. The maximum atomic E-state index is 12.3. The van der Waals surface area contributed by atoms with Crippen LogP contribution in [0.3, 0.4) is 0 Å². The molecule has 1 aromatic rings. The highest BCUT2D eigenvalue weighted by Crippen LogP contribution is 2.26. The molecule has 2 N–H and O–H groups in total. The fourth-order valence-electron chi connectivity index (χ4n) is 2.95. The summed E-state index contributed by atoms with van der Waals surface area (Å²) in [6.45, 7) is 6.48. The Bertz CT molecular complexity index is 553. The number of rotatable bonds is 3. The summed E-state index contributed by atoms with van der Waals surface area (Å²) in [6, 6.07) is 8.11. The molecular formula is C18H25F3N2O. The molecule has 1 saturated carbocycles. The van der Waals surface area contributed by atoms with Gasteiger partial charge in [-0.3, -0.25) is 4.79 Å². The van der Waals surface area contributed by atoms with Crippen LogP contribution >= 0.6 is 0 Å². The van der Waals surface area contributed by atoms with Crippen molar-refractivity contribution in [1.82, 2.24) is 5.32 Å². The van der Waals surface area contributed by atoms with E-state index >= 15 is 0 Å². The first-order valence-corrected chi connectivity index (χ1v) is 8.30. The molecule has 0 aromatic heterocycles. The minimum absolute atomic E-state index is 0.104. The molecule has 1 amide bonds. The van der Waals surface area contributed by atoms with Crippen LogP contribution in [0.4, 0.5) is 18.9 Å². The fraction of sp³-hybridized carbons (Fsp3) is 0.611. The molecule has 134 valence electrons. The van der Waals surface area contributed by atoms with Crippen molar-refractivity contribution in [3.05, 3.63) is 29.8 Å². The maximum absolute atomic E-state index is 12.3. The smallest absolute Gasteiger partial charge is 0.382 e. The third kappa shape index (κ3) is 5.14. The summed E-state index contributed by atoms with van der Waals surface area (Å²) in [6.07, 6.45) is -2.21. The van der Waals surface area contributed by atoms with Crippen molar-refractivity contribution in [1.29, 1.82) is 0 Å². The highest BCUT2D eigenvalue weighted by molar-refractivity contribution is 5.81. The zero-order valence-corrected chi connectivity index (χ0v) is 14.3. The third-order valence-corrected chi connectivity index (χ3v) is 4.44.